The Bertz CT molecular complexity index is 1620. The van der Waals surface area contributed by atoms with Gasteiger partial charge in [-0.1, -0.05) is 17.4 Å². The second kappa shape index (κ2) is 8.77. The summed E-state index contributed by atoms with van der Waals surface area (Å²) in [5, 5.41) is 3.91. The van der Waals surface area contributed by atoms with Crippen LogP contribution in [0.25, 0.3) is 16.3 Å². The van der Waals surface area contributed by atoms with Gasteiger partial charge in [-0.15, -0.1) is 0 Å². The molecule has 0 unspecified atom stereocenters. The van der Waals surface area contributed by atoms with E-state index in [2.05, 4.69) is 27.2 Å². The number of benzene rings is 1. The number of amides is 1. The van der Waals surface area contributed by atoms with Crippen LogP contribution in [-0.2, 0) is 16.4 Å². The Morgan fingerprint density at radius 2 is 2.00 bits per heavy atom. The number of thiazole rings is 1. The number of rotatable bonds is 7. The van der Waals surface area contributed by atoms with E-state index in [0.717, 1.165) is 46.6 Å². The van der Waals surface area contributed by atoms with Crippen molar-refractivity contribution in [2.45, 2.75) is 44.2 Å². The quantitative estimate of drug-likeness (QED) is 0.369. The minimum Gasteiger partial charge on any atom is -0.331 e. The van der Waals surface area contributed by atoms with Crippen molar-refractivity contribution in [2.24, 2.45) is 5.92 Å². The summed E-state index contributed by atoms with van der Waals surface area (Å²) in [6, 6.07) is 9.31. The number of sulfone groups is 1. The molecule has 9 nitrogen and oxygen atoms in total. The molecule has 37 heavy (non-hydrogen) atoms. The predicted molar refractivity (Wildman–Crippen MR) is 142 cm³/mol. The Morgan fingerprint density at radius 1 is 1.19 bits per heavy atom. The van der Waals surface area contributed by atoms with Gasteiger partial charge in [-0.3, -0.25) is 9.36 Å². The summed E-state index contributed by atoms with van der Waals surface area (Å²) in [7, 11) is -3.62. The molecule has 1 atom stereocenters. The molecule has 1 amide bonds. The minimum atomic E-state index is -3.62. The first-order valence-electron chi connectivity index (χ1n) is 12.1. The molecular formula is C26H26N6O3S2. The second-order valence-corrected chi connectivity index (χ2v) is 12.7. The van der Waals surface area contributed by atoms with Crippen molar-refractivity contribution >= 4 is 38.0 Å². The van der Waals surface area contributed by atoms with Gasteiger partial charge < -0.3 is 10.2 Å². The Kier molecular flexibility index (Phi) is 5.64. The van der Waals surface area contributed by atoms with E-state index in [9.17, 15) is 13.2 Å². The van der Waals surface area contributed by atoms with E-state index in [0.29, 0.717) is 29.0 Å². The average molecular weight is 535 g/mol. The summed E-state index contributed by atoms with van der Waals surface area (Å²) in [6.45, 7) is 4.38. The van der Waals surface area contributed by atoms with Gasteiger partial charge in [0.1, 0.15) is 18.0 Å². The topological polar surface area (TPSA) is 110 Å². The molecule has 0 spiro atoms. The number of pyridine rings is 1. The van der Waals surface area contributed by atoms with Gasteiger partial charge in [0.15, 0.2) is 15.0 Å². The van der Waals surface area contributed by atoms with Crippen LogP contribution in [-0.4, -0.2) is 51.0 Å². The van der Waals surface area contributed by atoms with Gasteiger partial charge in [0.2, 0.25) is 0 Å². The van der Waals surface area contributed by atoms with Gasteiger partial charge in [-0.05, 0) is 68.0 Å². The maximum absolute atomic E-state index is 13.3. The number of imidazole rings is 1. The zero-order valence-electron chi connectivity index (χ0n) is 20.7. The number of aryl methyl sites for hydroxylation is 1. The lowest BCUT2D eigenvalue weighted by Gasteiger charge is -2.24. The molecule has 190 valence electrons. The van der Waals surface area contributed by atoms with Crippen molar-refractivity contribution in [2.75, 3.05) is 11.6 Å². The van der Waals surface area contributed by atoms with E-state index in [1.807, 2.05) is 46.9 Å². The summed E-state index contributed by atoms with van der Waals surface area (Å²) in [6.07, 6.45) is 8.59. The third-order valence-electron chi connectivity index (χ3n) is 6.99. The fourth-order valence-corrected chi connectivity index (χ4v) is 6.77. The lowest BCUT2D eigenvalue weighted by atomic mass is 10.0. The summed E-state index contributed by atoms with van der Waals surface area (Å²) >= 11 is 1.42. The summed E-state index contributed by atoms with van der Waals surface area (Å²) in [5.41, 5.74) is 2.59. The number of nitrogens with zero attached hydrogens (tertiary/aromatic N) is 5. The molecule has 4 heterocycles. The highest BCUT2D eigenvalue weighted by Gasteiger charge is 2.41. The van der Waals surface area contributed by atoms with Crippen LogP contribution in [0.3, 0.4) is 0 Å². The molecule has 1 N–H and O–H groups in total. The zero-order chi connectivity index (χ0) is 25.9. The number of nitrogens with one attached hydrogen (secondary N) is 1. The van der Waals surface area contributed by atoms with Crippen molar-refractivity contribution in [3.8, 4) is 16.3 Å². The van der Waals surface area contributed by atoms with Gasteiger partial charge in [0, 0.05) is 31.2 Å². The van der Waals surface area contributed by atoms with Crippen molar-refractivity contribution in [1.82, 2.24) is 24.4 Å². The third kappa shape index (κ3) is 4.42. The van der Waals surface area contributed by atoms with Gasteiger partial charge in [-0.25, -0.2) is 23.4 Å². The first kappa shape index (κ1) is 23.8. The number of fused-ring (bicyclic) bond motifs is 1. The fraction of sp³-hybridized carbons (Fsp3) is 0.308. The summed E-state index contributed by atoms with van der Waals surface area (Å²) in [4.78, 5) is 29.4. The summed E-state index contributed by atoms with van der Waals surface area (Å²) < 4.78 is 27.4. The van der Waals surface area contributed by atoms with Crippen LogP contribution in [0.1, 0.15) is 41.4 Å². The molecule has 0 bridgehead atoms. The maximum Gasteiger partial charge on any atom is 0.256 e. The van der Waals surface area contributed by atoms with Crippen LogP contribution in [0, 0.1) is 12.8 Å². The largest absolute Gasteiger partial charge is 0.331 e. The van der Waals surface area contributed by atoms with Crippen molar-refractivity contribution in [3.05, 3.63) is 65.9 Å². The first-order valence-corrected chi connectivity index (χ1v) is 14.8. The first-order chi connectivity index (χ1) is 17.7. The molecule has 11 heteroatoms. The Balaban J connectivity index is 1.35. The van der Waals surface area contributed by atoms with Crippen molar-refractivity contribution in [3.63, 3.8) is 0 Å². The van der Waals surface area contributed by atoms with Crippen LogP contribution >= 0.6 is 11.3 Å². The minimum absolute atomic E-state index is 0.0903. The predicted octanol–water partition coefficient (Wildman–Crippen LogP) is 4.60. The number of hydrogen-bond donors (Lipinski definition) is 1. The third-order valence-corrected chi connectivity index (χ3v) is 9.23. The SMILES string of the molecule is Cc1nc(Nc2cccc(-n3ccnc3)n2)sc1-c1cc2c(c(S(C)(=O)=O)c1)C(=O)N([C@@H](C)C1CC1)C2. The van der Waals surface area contributed by atoms with Crippen LogP contribution in [0.15, 0.2) is 53.9 Å². The molecule has 1 aliphatic carbocycles. The maximum atomic E-state index is 13.3. The standard InChI is InChI=1S/C26H26N6O3S2/c1-15-24(36-26(28-15)30-21-5-4-6-22(29-21)31-10-9-27-14-31)18-11-19-13-32(16(2)17-7-8-17)25(33)23(19)20(12-18)37(3,34)35/h4-6,9-12,14,16-17H,7-8,13H2,1-3H3,(H,28,29,30)/t16-/m0/s1. The van der Waals surface area contributed by atoms with Crippen molar-refractivity contribution in [1.29, 1.82) is 0 Å². The van der Waals surface area contributed by atoms with Gasteiger partial charge in [-0.2, -0.15) is 0 Å². The van der Waals surface area contributed by atoms with Crippen molar-refractivity contribution < 1.29 is 13.2 Å². The number of carbonyl (C=O) groups is 1. The normalized spacial score (nSPS) is 16.2. The lowest BCUT2D eigenvalue weighted by Crippen LogP contribution is -2.35. The monoisotopic (exact) mass is 534 g/mol. The Morgan fingerprint density at radius 3 is 2.70 bits per heavy atom. The molecule has 1 aliphatic heterocycles. The van der Waals surface area contributed by atoms with E-state index in [4.69, 9.17) is 0 Å². The molecule has 0 saturated heterocycles. The number of aromatic nitrogens is 4. The number of anilines is 2. The van der Waals surface area contributed by atoms with Crippen LogP contribution in [0.4, 0.5) is 10.9 Å². The molecule has 3 aromatic heterocycles. The van der Waals surface area contributed by atoms with Gasteiger partial charge >= 0.3 is 0 Å². The van der Waals surface area contributed by atoms with Crippen LogP contribution < -0.4 is 5.32 Å². The summed E-state index contributed by atoms with van der Waals surface area (Å²) in [5.74, 6) is 1.67. The Hall–Kier alpha value is -3.57. The van der Waals surface area contributed by atoms with Gasteiger partial charge in [0.05, 0.1) is 21.0 Å². The molecule has 1 fully saturated rings. The van der Waals surface area contributed by atoms with E-state index in [1.54, 1.807) is 18.6 Å². The fourth-order valence-electron chi connectivity index (χ4n) is 4.88. The molecule has 2 aliphatic rings. The van der Waals surface area contributed by atoms with Gasteiger partial charge in [0.25, 0.3) is 5.91 Å². The smallest absolute Gasteiger partial charge is 0.256 e. The average Bonchev–Trinajstić information content (AvgIpc) is 3.27. The second-order valence-electron chi connectivity index (χ2n) is 9.70. The van der Waals surface area contributed by atoms with E-state index < -0.39 is 9.84 Å². The van der Waals surface area contributed by atoms with Crippen LogP contribution in [0.2, 0.25) is 0 Å². The molecule has 1 saturated carbocycles. The lowest BCUT2D eigenvalue weighted by molar-refractivity contribution is 0.0694. The highest BCUT2D eigenvalue weighted by Crippen LogP contribution is 2.42. The van der Waals surface area contributed by atoms with Crippen LogP contribution in [0.5, 0.6) is 0 Å². The zero-order valence-corrected chi connectivity index (χ0v) is 22.3. The molecule has 0 radical (unpaired) electrons. The van der Waals surface area contributed by atoms with E-state index >= 15 is 0 Å². The number of carbonyl (C=O) groups excluding carboxylic acids is 1. The number of hydrogen-bond acceptors (Lipinski definition) is 8. The van der Waals surface area contributed by atoms with E-state index in [1.165, 1.54) is 11.3 Å². The molecule has 1 aromatic carbocycles. The molecule has 6 rings (SSSR count). The molecular weight excluding hydrogens is 508 g/mol. The highest BCUT2D eigenvalue weighted by atomic mass is 32.2. The molecule has 4 aromatic rings. The highest BCUT2D eigenvalue weighted by molar-refractivity contribution is 7.90. The van der Waals surface area contributed by atoms with E-state index in [-0.39, 0.29) is 16.8 Å². The Labute approximate surface area is 219 Å².